The van der Waals surface area contributed by atoms with Gasteiger partial charge in [0.2, 0.25) is 5.91 Å². The van der Waals surface area contributed by atoms with Crippen LogP contribution < -0.4 is 10.6 Å². The summed E-state index contributed by atoms with van der Waals surface area (Å²) in [5.74, 6) is 0.557. The van der Waals surface area contributed by atoms with E-state index in [1.54, 1.807) is 14.1 Å². The fourth-order valence-electron chi connectivity index (χ4n) is 2.54. The number of hydrogen-bond donors (Lipinski definition) is 2. The van der Waals surface area contributed by atoms with Gasteiger partial charge in [-0.05, 0) is 39.5 Å². The van der Waals surface area contributed by atoms with E-state index in [1.807, 2.05) is 13.8 Å². The minimum atomic E-state index is -0.0805. The maximum absolute atomic E-state index is 11.7. The third-order valence-corrected chi connectivity index (χ3v) is 3.90. The molecule has 2 N–H and O–H groups in total. The summed E-state index contributed by atoms with van der Waals surface area (Å²) in [6, 6.07) is 0.271. The molecule has 0 atom stereocenters. The zero-order valence-corrected chi connectivity index (χ0v) is 17.5. The molecule has 0 bridgehead atoms. The topological polar surface area (TPSA) is 83.0 Å². The summed E-state index contributed by atoms with van der Waals surface area (Å²) < 4.78 is 5.09. The van der Waals surface area contributed by atoms with Crippen LogP contribution in [0.25, 0.3) is 0 Å². The van der Waals surface area contributed by atoms with Gasteiger partial charge in [0.1, 0.15) is 6.54 Å². The summed E-state index contributed by atoms with van der Waals surface area (Å²) in [6.07, 6.45) is 3.45. The normalized spacial score (nSPS) is 20.6. The van der Waals surface area contributed by atoms with Crippen molar-refractivity contribution in [3.63, 3.8) is 0 Å². The van der Waals surface area contributed by atoms with Crippen molar-refractivity contribution < 1.29 is 14.3 Å². The molecule has 1 amide bonds. The molecular formula is C16H31IN4O3. The zero-order valence-electron chi connectivity index (χ0n) is 15.1. The van der Waals surface area contributed by atoms with E-state index in [-0.39, 0.29) is 54.4 Å². The summed E-state index contributed by atoms with van der Waals surface area (Å²) in [5, 5.41) is 6.51. The van der Waals surface area contributed by atoms with Crippen molar-refractivity contribution in [3.8, 4) is 0 Å². The number of guanidine groups is 1. The molecule has 8 heteroatoms. The molecular weight excluding hydrogens is 423 g/mol. The first-order valence-corrected chi connectivity index (χ1v) is 8.39. The standard InChI is InChI=1S/C16H30N4O3.HI/c1-5-17-16(18-11-14(21)20(3)4)19-13-9-7-12(8-10-13)15(22)23-6-2;/h12-13H,5-11H2,1-4H3,(H2,17,18,19);1H. The van der Waals surface area contributed by atoms with E-state index < -0.39 is 0 Å². The van der Waals surface area contributed by atoms with Gasteiger partial charge in [0.25, 0.3) is 0 Å². The molecule has 0 aromatic heterocycles. The molecule has 0 aromatic carbocycles. The van der Waals surface area contributed by atoms with Crippen LogP contribution in [0.3, 0.4) is 0 Å². The Bertz CT molecular complexity index is 422. The van der Waals surface area contributed by atoms with Crippen molar-refractivity contribution >= 4 is 41.8 Å². The van der Waals surface area contributed by atoms with Crippen molar-refractivity contribution in [1.82, 2.24) is 15.5 Å². The van der Waals surface area contributed by atoms with E-state index in [0.717, 1.165) is 32.2 Å². The largest absolute Gasteiger partial charge is 0.466 e. The molecule has 0 heterocycles. The summed E-state index contributed by atoms with van der Waals surface area (Å²) in [4.78, 5) is 29.2. The number of likely N-dealkylation sites (N-methyl/N-ethyl adjacent to an activating group) is 1. The van der Waals surface area contributed by atoms with Gasteiger partial charge in [-0.25, -0.2) is 4.99 Å². The van der Waals surface area contributed by atoms with Crippen LogP contribution in [0.1, 0.15) is 39.5 Å². The van der Waals surface area contributed by atoms with Gasteiger partial charge in [-0.3, -0.25) is 9.59 Å². The van der Waals surface area contributed by atoms with Crippen molar-refractivity contribution in [3.05, 3.63) is 0 Å². The van der Waals surface area contributed by atoms with Crippen LogP contribution in [0.4, 0.5) is 0 Å². The van der Waals surface area contributed by atoms with E-state index in [9.17, 15) is 9.59 Å². The average molecular weight is 454 g/mol. The second kappa shape index (κ2) is 12.3. The molecule has 1 saturated carbocycles. The Kier molecular flexibility index (Phi) is 11.8. The number of nitrogens with one attached hydrogen (secondary N) is 2. The molecule has 24 heavy (non-hydrogen) atoms. The number of esters is 1. The van der Waals surface area contributed by atoms with E-state index in [2.05, 4.69) is 15.6 Å². The number of halogens is 1. The summed E-state index contributed by atoms with van der Waals surface area (Å²) >= 11 is 0. The molecule has 0 spiro atoms. The van der Waals surface area contributed by atoms with E-state index in [4.69, 9.17) is 4.74 Å². The highest BCUT2D eigenvalue weighted by Gasteiger charge is 2.27. The minimum Gasteiger partial charge on any atom is -0.466 e. The van der Waals surface area contributed by atoms with Crippen LogP contribution in [-0.2, 0) is 14.3 Å². The van der Waals surface area contributed by atoms with Crippen LogP contribution >= 0.6 is 24.0 Å². The maximum atomic E-state index is 11.7. The highest BCUT2D eigenvalue weighted by Crippen LogP contribution is 2.25. The van der Waals surface area contributed by atoms with Crippen LogP contribution in [0, 0.1) is 5.92 Å². The first-order chi connectivity index (χ1) is 11.0. The lowest BCUT2D eigenvalue weighted by atomic mass is 9.86. The molecule has 1 aliphatic rings. The van der Waals surface area contributed by atoms with Crippen molar-refractivity contribution in [2.45, 2.75) is 45.6 Å². The van der Waals surface area contributed by atoms with Crippen molar-refractivity contribution in [2.75, 3.05) is 33.8 Å². The van der Waals surface area contributed by atoms with E-state index in [1.165, 1.54) is 4.90 Å². The summed E-state index contributed by atoms with van der Waals surface area (Å²) in [7, 11) is 3.43. The third-order valence-electron chi connectivity index (χ3n) is 3.90. The first kappa shape index (κ1) is 22.9. The second-order valence-corrected chi connectivity index (χ2v) is 5.93. The SMILES string of the molecule is CCNC(=NCC(=O)N(C)C)NC1CCC(C(=O)OCC)CC1.I. The number of carbonyl (C=O) groups excluding carboxylic acids is 2. The quantitative estimate of drug-likeness (QED) is 0.274. The number of aliphatic imine (C=N–C) groups is 1. The van der Waals surface area contributed by atoms with Gasteiger partial charge in [-0.1, -0.05) is 0 Å². The first-order valence-electron chi connectivity index (χ1n) is 8.39. The number of ether oxygens (including phenoxy) is 1. The molecule has 0 saturated heterocycles. The Morgan fingerprint density at radius 1 is 1.17 bits per heavy atom. The fourth-order valence-corrected chi connectivity index (χ4v) is 2.54. The number of hydrogen-bond acceptors (Lipinski definition) is 4. The number of rotatable bonds is 6. The highest BCUT2D eigenvalue weighted by molar-refractivity contribution is 14.0. The van der Waals surface area contributed by atoms with Crippen molar-refractivity contribution in [2.24, 2.45) is 10.9 Å². The van der Waals surface area contributed by atoms with Gasteiger partial charge in [0.15, 0.2) is 5.96 Å². The molecule has 0 aliphatic heterocycles. The summed E-state index contributed by atoms with van der Waals surface area (Å²) in [5.41, 5.74) is 0. The number of amides is 1. The van der Waals surface area contributed by atoms with Gasteiger partial charge in [0.05, 0.1) is 12.5 Å². The lowest BCUT2D eigenvalue weighted by Gasteiger charge is -2.29. The zero-order chi connectivity index (χ0) is 17.2. The van der Waals surface area contributed by atoms with Gasteiger partial charge >= 0.3 is 5.97 Å². The van der Waals surface area contributed by atoms with Crippen LogP contribution in [0.15, 0.2) is 4.99 Å². The van der Waals surface area contributed by atoms with Crippen LogP contribution in [0.5, 0.6) is 0 Å². The molecule has 1 fully saturated rings. The van der Waals surface area contributed by atoms with Gasteiger partial charge < -0.3 is 20.3 Å². The van der Waals surface area contributed by atoms with Crippen molar-refractivity contribution in [1.29, 1.82) is 0 Å². The Hall–Kier alpha value is -1.06. The predicted molar refractivity (Wildman–Crippen MR) is 106 cm³/mol. The Morgan fingerprint density at radius 2 is 1.79 bits per heavy atom. The Balaban J connectivity index is 0.00000529. The second-order valence-electron chi connectivity index (χ2n) is 5.93. The molecule has 1 aliphatic carbocycles. The maximum Gasteiger partial charge on any atom is 0.308 e. The lowest BCUT2D eigenvalue weighted by Crippen LogP contribution is -2.45. The Labute approximate surface area is 162 Å². The van der Waals surface area contributed by atoms with Gasteiger partial charge in [-0.15, -0.1) is 24.0 Å². The van der Waals surface area contributed by atoms with Gasteiger partial charge in [-0.2, -0.15) is 0 Å². The van der Waals surface area contributed by atoms with Crippen LogP contribution in [0.2, 0.25) is 0 Å². The number of carbonyl (C=O) groups is 2. The molecule has 0 radical (unpaired) electrons. The summed E-state index contributed by atoms with van der Waals surface area (Å²) in [6.45, 7) is 5.12. The molecule has 0 unspecified atom stereocenters. The molecule has 0 aromatic rings. The van der Waals surface area contributed by atoms with Crippen LogP contribution in [-0.4, -0.2) is 62.6 Å². The van der Waals surface area contributed by atoms with Gasteiger partial charge in [0, 0.05) is 26.7 Å². The minimum absolute atomic E-state index is 0. The smallest absolute Gasteiger partial charge is 0.308 e. The average Bonchev–Trinajstić information content (AvgIpc) is 2.53. The Morgan fingerprint density at radius 3 is 2.29 bits per heavy atom. The monoisotopic (exact) mass is 454 g/mol. The van der Waals surface area contributed by atoms with E-state index >= 15 is 0 Å². The molecule has 1 rings (SSSR count). The predicted octanol–water partition coefficient (Wildman–Crippen LogP) is 1.37. The molecule has 140 valence electrons. The lowest BCUT2D eigenvalue weighted by molar-refractivity contribution is -0.149. The number of nitrogens with zero attached hydrogens (tertiary/aromatic N) is 2. The fraction of sp³-hybridized carbons (Fsp3) is 0.812. The third kappa shape index (κ3) is 8.16. The van der Waals surface area contributed by atoms with E-state index in [0.29, 0.717) is 12.6 Å². The highest BCUT2D eigenvalue weighted by atomic mass is 127. The molecule has 7 nitrogen and oxygen atoms in total.